The van der Waals surface area contributed by atoms with Crippen LogP contribution in [0.2, 0.25) is 0 Å². The number of piperazine rings is 1. The van der Waals surface area contributed by atoms with Gasteiger partial charge >= 0.3 is 6.18 Å². The summed E-state index contributed by atoms with van der Waals surface area (Å²) in [5.74, 6) is -0.152. The van der Waals surface area contributed by atoms with Gasteiger partial charge in [0.05, 0.1) is 5.69 Å². The number of hydrogen-bond acceptors (Lipinski definition) is 9. The van der Waals surface area contributed by atoms with Gasteiger partial charge < -0.3 is 9.80 Å². The first-order chi connectivity index (χ1) is 16.9. The fourth-order valence-electron chi connectivity index (χ4n) is 3.93. The topological polar surface area (TPSA) is 126 Å². The van der Waals surface area contributed by atoms with Gasteiger partial charge in [-0.2, -0.15) is 13.2 Å². The van der Waals surface area contributed by atoms with Crippen molar-refractivity contribution >= 4 is 38.6 Å². The number of sulfonamides is 1. The summed E-state index contributed by atoms with van der Waals surface area (Å²) in [6, 6.07) is 1.34. The largest absolute Gasteiger partial charge is 0.445 e. The number of halogens is 3. The molecule has 1 N–H and O–H groups in total. The molecule has 2 fully saturated rings. The van der Waals surface area contributed by atoms with Crippen LogP contribution in [0.5, 0.6) is 0 Å². The zero-order valence-electron chi connectivity index (χ0n) is 19.4. The number of pyridine rings is 1. The Morgan fingerprint density at radius 1 is 1.11 bits per heavy atom. The SMILES string of the molecule is CC(C)C(=O)N1CCN(c2cc(S(=O)(=O)NC3CC3)cn3c(-c4nnc(C(F)(F)F)s4)nnc23)CC1. The first-order valence-corrected chi connectivity index (χ1v) is 13.6. The Kier molecular flexibility index (Phi) is 6.15. The number of fused-ring (bicyclic) bond motifs is 1. The second-order valence-electron chi connectivity index (χ2n) is 9.05. The zero-order valence-corrected chi connectivity index (χ0v) is 21.0. The molecule has 1 saturated carbocycles. The predicted octanol–water partition coefficient (Wildman–Crippen LogP) is 2.01. The number of nitrogens with one attached hydrogen (secondary N) is 1. The van der Waals surface area contributed by atoms with Crippen molar-refractivity contribution in [2.45, 2.75) is 43.8 Å². The number of nitrogens with zero attached hydrogens (tertiary/aromatic N) is 7. The van der Waals surface area contributed by atoms with Gasteiger partial charge in [-0.1, -0.05) is 25.2 Å². The number of rotatable bonds is 6. The van der Waals surface area contributed by atoms with E-state index in [0.29, 0.717) is 43.2 Å². The molecule has 0 bridgehead atoms. The van der Waals surface area contributed by atoms with E-state index in [1.807, 2.05) is 18.7 Å². The van der Waals surface area contributed by atoms with Gasteiger partial charge in [-0.3, -0.25) is 9.20 Å². The fourth-order valence-corrected chi connectivity index (χ4v) is 5.94. The van der Waals surface area contributed by atoms with Gasteiger partial charge in [-0.25, -0.2) is 13.1 Å². The number of anilines is 1. The molecule has 0 spiro atoms. The van der Waals surface area contributed by atoms with Crippen molar-refractivity contribution in [3.63, 3.8) is 0 Å². The van der Waals surface area contributed by atoms with Crippen molar-refractivity contribution in [2.24, 2.45) is 5.92 Å². The standard InChI is InChI=1S/C20H23F3N8O3S2/c1-11(2)18(32)30-7-5-29(6-8-30)14-9-13(36(33,34)28-12-3-4-12)10-31-15(14)24-25-16(31)17-26-27-19(35-17)20(21,22)23/h9-12,28H,3-8H2,1-2H3. The normalized spacial score (nSPS) is 17.4. The van der Waals surface area contributed by atoms with Crippen LogP contribution >= 0.6 is 11.3 Å². The van der Waals surface area contributed by atoms with Crippen molar-refractivity contribution in [2.75, 3.05) is 31.1 Å². The molecule has 5 rings (SSSR count). The van der Waals surface area contributed by atoms with Crippen LogP contribution in [0, 0.1) is 5.92 Å². The minimum atomic E-state index is -4.67. The summed E-state index contributed by atoms with van der Waals surface area (Å²) in [5, 5.41) is 13.7. The number of amides is 1. The molecule has 0 atom stereocenters. The zero-order chi connectivity index (χ0) is 25.8. The molecule has 1 amide bonds. The Labute approximate surface area is 208 Å². The monoisotopic (exact) mass is 544 g/mol. The summed E-state index contributed by atoms with van der Waals surface area (Å²) < 4.78 is 69.4. The lowest BCUT2D eigenvalue weighted by Crippen LogP contribution is -2.50. The average molecular weight is 545 g/mol. The van der Waals surface area contributed by atoms with Gasteiger partial charge in [0.2, 0.25) is 20.9 Å². The van der Waals surface area contributed by atoms with Crippen LogP contribution in [-0.4, -0.2) is 76.2 Å². The summed E-state index contributed by atoms with van der Waals surface area (Å²) in [5.41, 5.74) is 0.715. The van der Waals surface area contributed by atoms with E-state index in [9.17, 15) is 26.4 Å². The lowest BCUT2D eigenvalue weighted by molar-refractivity contribution is -0.138. The second kappa shape index (κ2) is 8.92. The first-order valence-electron chi connectivity index (χ1n) is 11.3. The number of hydrogen-bond donors (Lipinski definition) is 1. The summed E-state index contributed by atoms with van der Waals surface area (Å²) in [6.45, 7) is 5.38. The minimum absolute atomic E-state index is 0.0336. The van der Waals surface area contributed by atoms with E-state index in [4.69, 9.17) is 0 Å². The van der Waals surface area contributed by atoms with E-state index in [1.54, 1.807) is 4.90 Å². The van der Waals surface area contributed by atoms with E-state index in [1.165, 1.54) is 16.7 Å². The van der Waals surface area contributed by atoms with Crippen LogP contribution in [0.4, 0.5) is 18.9 Å². The maximum absolute atomic E-state index is 13.1. The highest BCUT2D eigenvalue weighted by atomic mass is 32.2. The predicted molar refractivity (Wildman–Crippen MR) is 124 cm³/mol. The number of carbonyl (C=O) groups excluding carboxylic acids is 1. The van der Waals surface area contributed by atoms with Crippen LogP contribution in [0.25, 0.3) is 16.5 Å². The highest BCUT2D eigenvalue weighted by molar-refractivity contribution is 7.89. The molecule has 0 unspecified atom stereocenters. The van der Waals surface area contributed by atoms with Crippen LogP contribution in [-0.2, 0) is 21.0 Å². The third-order valence-corrected chi connectivity index (χ3v) is 8.41. The number of carbonyl (C=O) groups is 1. The third kappa shape index (κ3) is 4.76. The van der Waals surface area contributed by atoms with E-state index in [-0.39, 0.29) is 39.2 Å². The summed E-state index contributed by atoms with van der Waals surface area (Å²) in [4.78, 5) is 16.0. The van der Waals surface area contributed by atoms with Crippen molar-refractivity contribution in [3.8, 4) is 10.8 Å². The Hall–Kier alpha value is -2.85. The molecule has 1 aliphatic heterocycles. The van der Waals surface area contributed by atoms with Crippen LogP contribution in [0.1, 0.15) is 31.7 Å². The molecule has 11 nitrogen and oxygen atoms in total. The van der Waals surface area contributed by atoms with Gasteiger partial charge in [-0.05, 0) is 18.9 Å². The molecule has 3 aromatic heterocycles. The fraction of sp³-hybridized carbons (Fsp3) is 0.550. The van der Waals surface area contributed by atoms with E-state index in [0.717, 1.165) is 12.8 Å². The molecule has 1 saturated heterocycles. The van der Waals surface area contributed by atoms with Crippen molar-refractivity contribution in [1.29, 1.82) is 0 Å². The minimum Gasteiger partial charge on any atom is -0.365 e. The molecule has 3 aromatic rings. The second-order valence-corrected chi connectivity index (χ2v) is 11.7. The van der Waals surface area contributed by atoms with E-state index in [2.05, 4.69) is 25.1 Å². The molecule has 2 aliphatic rings. The van der Waals surface area contributed by atoms with E-state index >= 15 is 0 Å². The first kappa shape index (κ1) is 24.8. The molecular weight excluding hydrogens is 521 g/mol. The molecule has 194 valence electrons. The maximum atomic E-state index is 13.1. The Morgan fingerprint density at radius 2 is 1.81 bits per heavy atom. The quantitative estimate of drug-likeness (QED) is 0.500. The molecule has 1 aliphatic carbocycles. The van der Waals surface area contributed by atoms with Crippen LogP contribution in [0.15, 0.2) is 17.2 Å². The highest BCUT2D eigenvalue weighted by Crippen LogP contribution is 2.36. The van der Waals surface area contributed by atoms with E-state index < -0.39 is 21.2 Å². The summed E-state index contributed by atoms with van der Waals surface area (Å²) in [7, 11) is -3.91. The molecule has 36 heavy (non-hydrogen) atoms. The summed E-state index contributed by atoms with van der Waals surface area (Å²) in [6.07, 6.45) is -1.91. The van der Waals surface area contributed by atoms with Crippen molar-refractivity contribution in [3.05, 3.63) is 17.3 Å². The molecule has 0 radical (unpaired) electrons. The van der Waals surface area contributed by atoms with Gasteiger partial charge in [0.1, 0.15) is 4.90 Å². The van der Waals surface area contributed by atoms with Gasteiger partial charge in [0.25, 0.3) is 0 Å². The van der Waals surface area contributed by atoms with Crippen LogP contribution < -0.4 is 9.62 Å². The Balaban J connectivity index is 1.56. The number of aromatic nitrogens is 5. The Bertz CT molecular complexity index is 1410. The molecule has 0 aromatic carbocycles. The summed E-state index contributed by atoms with van der Waals surface area (Å²) >= 11 is 0.301. The average Bonchev–Trinajstić information content (AvgIpc) is 3.31. The molecule has 16 heteroatoms. The lowest BCUT2D eigenvalue weighted by atomic mass is 10.1. The number of alkyl halides is 3. The maximum Gasteiger partial charge on any atom is 0.445 e. The Morgan fingerprint density at radius 3 is 2.39 bits per heavy atom. The smallest absolute Gasteiger partial charge is 0.365 e. The molecule has 4 heterocycles. The van der Waals surface area contributed by atoms with Crippen molar-refractivity contribution < 1.29 is 26.4 Å². The van der Waals surface area contributed by atoms with Crippen molar-refractivity contribution in [1.82, 2.24) is 34.4 Å². The van der Waals surface area contributed by atoms with Crippen LogP contribution in [0.3, 0.4) is 0 Å². The van der Waals surface area contributed by atoms with Gasteiger partial charge in [0.15, 0.2) is 16.5 Å². The van der Waals surface area contributed by atoms with Gasteiger partial charge in [-0.15, -0.1) is 20.4 Å². The lowest BCUT2D eigenvalue weighted by Gasteiger charge is -2.37. The molecular formula is C20H23F3N8O3S2. The third-order valence-electron chi connectivity index (χ3n) is 5.95. The van der Waals surface area contributed by atoms with Gasteiger partial charge in [0, 0.05) is 44.3 Å². The highest BCUT2D eigenvalue weighted by Gasteiger charge is 2.37.